The van der Waals surface area contributed by atoms with Crippen LogP contribution in [0.3, 0.4) is 0 Å². The lowest BCUT2D eigenvalue weighted by Gasteiger charge is -2.12. The van der Waals surface area contributed by atoms with Gasteiger partial charge in [-0.3, -0.25) is 4.79 Å². The molecule has 0 fully saturated rings. The highest BCUT2D eigenvalue weighted by atomic mass is 32.1. The Kier molecular flexibility index (Phi) is 5.27. The van der Waals surface area contributed by atoms with Crippen LogP contribution in [0.15, 0.2) is 60.0 Å². The van der Waals surface area contributed by atoms with Crippen LogP contribution in [0.4, 0.5) is 5.00 Å². The number of hydrogen-bond acceptors (Lipinski definition) is 4. The van der Waals surface area contributed by atoms with E-state index in [1.807, 2.05) is 30.5 Å². The molecule has 1 heterocycles. The second kappa shape index (κ2) is 8.24. The SMILES string of the molecule is CCOC(=O)c1c(-c2ccc3c4c(cccc24)CC3)csc1NC(=O)c1cccc(C)c1. The molecule has 0 aliphatic heterocycles. The van der Waals surface area contributed by atoms with Crippen molar-refractivity contribution in [3.63, 3.8) is 0 Å². The van der Waals surface area contributed by atoms with E-state index in [1.54, 1.807) is 13.0 Å². The zero-order valence-corrected chi connectivity index (χ0v) is 18.8. The fourth-order valence-electron chi connectivity index (χ4n) is 4.50. The summed E-state index contributed by atoms with van der Waals surface area (Å²) in [5, 5.41) is 7.82. The molecule has 4 aromatic rings. The molecule has 0 spiro atoms. The van der Waals surface area contributed by atoms with Gasteiger partial charge < -0.3 is 10.1 Å². The standard InChI is InChI=1S/C27H23NO3S/c1-3-31-27(30)24-22(15-32-26(24)28-25(29)19-8-4-6-16(2)14-19)20-13-12-18-11-10-17-7-5-9-21(20)23(17)18/h4-9,12-15H,3,10-11H2,1-2H3,(H,28,29). The molecular weight excluding hydrogens is 418 g/mol. The lowest BCUT2D eigenvalue weighted by Crippen LogP contribution is -2.15. The van der Waals surface area contributed by atoms with Crippen molar-refractivity contribution in [2.75, 3.05) is 11.9 Å². The van der Waals surface area contributed by atoms with Crippen LogP contribution >= 0.6 is 11.3 Å². The highest BCUT2D eigenvalue weighted by Gasteiger charge is 2.25. The average molecular weight is 442 g/mol. The summed E-state index contributed by atoms with van der Waals surface area (Å²) < 4.78 is 5.38. The lowest BCUT2D eigenvalue weighted by molar-refractivity contribution is 0.0529. The van der Waals surface area contributed by atoms with Crippen LogP contribution in [-0.4, -0.2) is 18.5 Å². The number of anilines is 1. The summed E-state index contributed by atoms with van der Waals surface area (Å²) in [7, 11) is 0. The van der Waals surface area contributed by atoms with Crippen molar-refractivity contribution in [3.05, 3.63) is 87.8 Å². The minimum atomic E-state index is -0.424. The monoisotopic (exact) mass is 441 g/mol. The zero-order chi connectivity index (χ0) is 22.2. The van der Waals surface area contributed by atoms with Gasteiger partial charge in [0, 0.05) is 16.5 Å². The fourth-order valence-corrected chi connectivity index (χ4v) is 5.44. The van der Waals surface area contributed by atoms with E-state index in [-0.39, 0.29) is 12.5 Å². The molecule has 5 heteroatoms. The summed E-state index contributed by atoms with van der Waals surface area (Å²) in [6, 6.07) is 18.0. The number of amides is 1. The minimum Gasteiger partial charge on any atom is -0.462 e. The molecule has 0 bridgehead atoms. The molecular formula is C27H23NO3S. The number of thiophene rings is 1. The predicted molar refractivity (Wildman–Crippen MR) is 130 cm³/mol. The van der Waals surface area contributed by atoms with Gasteiger partial charge in [0.05, 0.1) is 6.61 Å². The second-order valence-corrected chi connectivity index (χ2v) is 8.89. The van der Waals surface area contributed by atoms with Crippen LogP contribution in [0.2, 0.25) is 0 Å². The first-order valence-electron chi connectivity index (χ1n) is 10.8. The Morgan fingerprint density at radius 1 is 1.00 bits per heavy atom. The maximum absolute atomic E-state index is 13.0. The molecule has 0 radical (unpaired) electrons. The zero-order valence-electron chi connectivity index (χ0n) is 18.0. The van der Waals surface area contributed by atoms with E-state index in [4.69, 9.17) is 4.74 Å². The Morgan fingerprint density at radius 3 is 2.56 bits per heavy atom. The molecule has 0 saturated carbocycles. The Labute approximate surface area is 190 Å². The van der Waals surface area contributed by atoms with Gasteiger partial charge in [0.2, 0.25) is 0 Å². The second-order valence-electron chi connectivity index (χ2n) is 8.01. The van der Waals surface area contributed by atoms with E-state index < -0.39 is 5.97 Å². The molecule has 0 atom stereocenters. The number of rotatable bonds is 5. The number of esters is 1. The molecule has 3 aromatic carbocycles. The maximum Gasteiger partial charge on any atom is 0.341 e. The summed E-state index contributed by atoms with van der Waals surface area (Å²) in [6.07, 6.45) is 2.09. The number of hydrogen-bond donors (Lipinski definition) is 1. The van der Waals surface area contributed by atoms with Gasteiger partial charge in [0.15, 0.2) is 0 Å². The largest absolute Gasteiger partial charge is 0.462 e. The van der Waals surface area contributed by atoms with Gasteiger partial charge in [-0.25, -0.2) is 4.79 Å². The molecule has 1 amide bonds. The first kappa shape index (κ1) is 20.5. The number of benzene rings is 3. The number of ether oxygens (including phenoxy) is 1. The molecule has 0 saturated heterocycles. The van der Waals surface area contributed by atoms with Gasteiger partial charge in [0.1, 0.15) is 10.6 Å². The van der Waals surface area contributed by atoms with Crippen molar-refractivity contribution in [1.82, 2.24) is 0 Å². The Balaban J connectivity index is 1.62. The molecule has 1 aliphatic carbocycles. The first-order valence-corrected chi connectivity index (χ1v) is 11.6. The van der Waals surface area contributed by atoms with Crippen molar-refractivity contribution in [2.45, 2.75) is 26.7 Å². The Hall–Kier alpha value is -3.44. The van der Waals surface area contributed by atoms with E-state index >= 15 is 0 Å². The third kappa shape index (κ3) is 3.49. The quantitative estimate of drug-likeness (QED) is 0.364. The maximum atomic E-state index is 13.0. The van der Waals surface area contributed by atoms with Crippen LogP contribution in [0.25, 0.3) is 21.9 Å². The fraction of sp³-hybridized carbons (Fsp3) is 0.185. The summed E-state index contributed by atoms with van der Waals surface area (Å²) in [5.41, 5.74) is 6.45. The number of carbonyl (C=O) groups excluding carboxylic acids is 2. The molecule has 1 aromatic heterocycles. The van der Waals surface area contributed by atoms with E-state index in [1.165, 1.54) is 27.8 Å². The van der Waals surface area contributed by atoms with Gasteiger partial charge in [-0.2, -0.15) is 0 Å². The predicted octanol–water partition coefficient (Wildman–Crippen LogP) is 6.40. The number of nitrogens with one attached hydrogen (secondary N) is 1. The molecule has 4 nitrogen and oxygen atoms in total. The third-order valence-corrected chi connectivity index (χ3v) is 6.84. The van der Waals surface area contributed by atoms with Crippen molar-refractivity contribution in [3.8, 4) is 11.1 Å². The molecule has 160 valence electrons. The van der Waals surface area contributed by atoms with Crippen LogP contribution < -0.4 is 5.32 Å². The highest BCUT2D eigenvalue weighted by Crippen LogP contribution is 2.42. The van der Waals surface area contributed by atoms with E-state index in [0.717, 1.165) is 34.9 Å². The molecule has 1 N–H and O–H groups in total. The van der Waals surface area contributed by atoms with Gasteiger partial charge in [-0.05, 0) is 66.3 Å². The summed E-state index contributed by atoms with van der Waals surface area (Å²) in [4.78, 5) is 25.9. The lowest BCUT2D eigenvalue weighted by atomic mass is 9.94. The van der Waals surface area contributed by atoms with Crippen LogP contribution in [0.5, 0.6) is 0 Å². The molecule has 0 unspecified atom stereocenters. The van der Waals surface area contributed by atoms with Gasteiger partial charge in [-0.15, -0.1) is 11.3 Å². The van der Waals surface area contributed by atoms with Gasteiger partial charge >= 0.3 is 5.97 Å². The van der Waals surface area contributed by atoms with Crippen molar-refractivity contribution in [2.24, 2.45) is 0 Å². The third-order valence-electron chi connectivity index (χ3n) is 5.94. The molecule has 1 aliphatic rings. The van der Waals surface area contributed by atoms with E-state index in [2.05, 4.69) is 35.6 Å². The Bertz CT molecular complexity index is 1360. The van der Waals surface area contributed by atoms with Gasteiger partial charge in [0.25, 0.3) is 5.91 Å². The molecule has 32 heavy (non-hydrogen) atoms. The van der Waals surface area contributed by atoms with Crippen LogP contribution in [-0.2, 0) is 17.6 Å². The number of aryl methyl sites for hydroxylation is 3. The number of carbonyl (C=O) groups is 2. The highest BCUT2D eigenvalue weighted by molar-refractivity contribution is 7.15. The van der Waals surface area contributed by atoms with Gasteiger partial charge in [-0.1, -0.05) is 48.0 Å². The van der Waals surface area contributed by atoms with Crippen molar-refractivity contribution >= 4 is 39.0 Å². The van der Waals surface area contributed by atoms with E-state index in [9.17, 15) is 9.59 Å². The normalized spacial score (nSPS) is 12.2. The van der Waals surface area contributed by atoms with Crippen LogP contribution in [0.1, 0.15) is 44.3 Å². The van der Waals surface area contributed by atoms with E-state index in [0.29, 0.717) is 16.1 Å². The smallest absolute Gasteiger partial charge is 0.341 e. The molecule has 5 rings (SSSR count). The van der Waals surface area contributed by atoms with Crippen molar-refractivity contribution < 1.29 is 14.3 Å². The topological polar surface area (TPSA) is 55.4 Å². The Morgan fingerprint density at radius 2 is 1.78 bits per heavy atom. The summed E-state index contributed by atoms with van der Waals surface area (Å²) >= 11 is 1.35. The van der Waals surface area contributed by atoms with Crippen molar-refractivity contribution in [1.29, 1.82) is 0 Å². The summed E-state index contributed by atoms with van der Waals surface area (Å²) in [6.45, 7) is 4.00. The first-order chi connectivity index (χ1) is 15.6. The summed E-state index contributed by atoms with van der Waals surface area (Å²) in [5.74, 6) is -0.667. The average Bonchev–Trinajstić information content (AvgIpc) is 3.40. The minimum absolute atomic E-state index is 0.243. The van der Waals surface area contributed by atoms with Crippen LogP contribution in [0, 0.1) is 6.92 Å².